The van der Waals surface area contributed by atoms with Crippen molar-refractivity contribution in [2.45, 2.75) is 6.04 Å². The molecule has 2 aromatic carbocycles. The van der Waals surface area contributed by atoms with Gasteiger partial charge in [0.1, 0.15) is 6.04 Å². The summed E-state index contributed by atoms with van der Waals surface area (Å²) in [5.74, 6) is -0.0680. The molecular weight excluding hydrogens is 357 g/mol. The molecule has 1 fully saturated rings. The summed E-state index contributed by atoms with van der Waals surface area (Å²) in [6.07, 6.45) is 0. The Morgan fingerprint density at radius 1 is 1.04 bits per heavy atom. The lowest BCUT2D eigenvalue weighted by molar-refractivity contribution is 0.0606. The first kappa shape index (κ1) is 17.8. The summed E-state index contributed by atoms with van der Waals surface area (Å²) < 4.78 is 0. The molecule has 6 heteroatoms. The molecule has 1 saturated heterocycles. The van der Waals surface area contributed by atoms with E-state index in [1.807, 2.05) is 18.2 Å². The minimum Gasteiger partial charge on any atom is -0.336 e. The van der Waals surface area contributed by atoms with Crippen molar-refractivity contribution in [1.82, 2.24) is 9.80 Å². The lowest BCUT2D eigenvalue weighted by Crippen LogP contribution is -2.49. The molecule has 0 bridgehead atoms. The molecule has 1 amide bonds. The molecule has 128 valence electrons. The average Bonchev–Trinajstić information content (AvgIpc) is 2.63. The van der Waals surface area contributed by atoms with Crippen LogP contribution in [-0.2, 0) is 0 Å². The number of amides is 1. The number of nitriles is 1. The molecule has 0 N–H and O–H groups in total. The summed E-state index contributed by atoms with van der Waals surface area (Å²) in [7, 11) is 0. The van der Waals surface area contributed by atoms with E-state index in [0.29, 0.717) is 41.8 Å². The molecule has 0 aromatic heterocycles. The number of carbonyl (C=O) groups is 1. The Hall–Kier alpha value is -2.06. The van der Waals surface area contributed by atoms with Gasteiger partial charge in [0.2, 0.25) is 0 Å². The van der Waals surface area contributed by atoms with Crippen LogP contribution < -0.4 is 0 Å². The van der Waals surface area contributed by atoms with Crippen LogP contribution in [0, 0.1) is 11.3 Å². The summed E-state index contributed by atoms with van der Waals surface area (Å²) in [5.41, 5.74) is 1.39. The highest BCUT2D eigenvalue weighted by atomic mass is 35.5. The third-order valence-corrected chi connectivity index (χ3v) is 4.92. The van der Waals surface area contributed by atoms with Gasteiger partial charge in [0.15, 0.2) is 0 Å². The van der Waals surface area contributed by atoms with E-state index in [1.54, 1.807) is 35.2 Å². The second-order valence-corrected chi connectivity index (χ2v) is 6.74. The fourth-order valence-corrected chi connectivity index (χ4v) is 3.45. The molecule has 3 rings (SSSR count). The third-order valence-electron chi connectivity index (χ3n) is 4.36. The number of rotatable bonds is 3. The van der Waals surface area contributed by atoms with Crippen molar-refractivity contribution >= 4 is 29.1 Å². The van der Waals surface area contributed by atoms with Gasteiger partial charge in [0.05, 0.1) is 16.7 Å². The lowest BCUT2D eigenvalue weighted by Gasteiger charge is -2.37. The molecule has 2 aromatic rings. The van der Waals surface area contributed by atoms with Crippen molar-refractivity contribution in [3.8, 4) is 6.07 Å². The largest absolute Gasteiger partial charge is 0.336 e. The Balaban J connectivity index is 1.68. The van der Waals surface area contributed by atoms with E-state index in [1.165, 1.54) is 0 Å². The first-order chi connectivity index (χ1) is 12.1. The van der Waals surface area contributed by atoms with Crippen molar-refractivity contribution in [1.29, 1.82) is 5.26 Å². The predicted octanol–water partition coefficient (Wildman–Crippen LogP) is 4.02. The second kappa shape index (κ2) is 7.88. The van der Waals surface area contributed by atoms with Crippen LogP contribution in [0.1, 0.15) is 22.0 Å². The van der Waals surface area contributed by atoms with Crippen LogP contribution in [0.15, 0.2) is 48.5 Å². The SMILES string of the molecule is N#CC(c1cccc(Cl)c1)N1CCN(C(=O)c2ccccc2Cl)CC1. The molecule has 0 radical (unpaired) electrons. The van der Waals surface area contributed by atoms with Crippen LogP contribution >= 0.6 is 23.2 Å². The highest BCUT2D eigenvalue weighted by molar-refractivity contribution is 6.33. The lowest BCUT2D eigenvalue weighted by atomic mass is 10.1. The van der Waals surface area contributed by atoms with Crippen LogP contribution in [0.3, 0.4) is 0 Å². The van der Waals surface area contributed by atoms with Gasteiger partial charge in [-0.05, 0) is 29.8 Å². The van der Waals surface area contributed by atoms with Crippen molar-refractivity contribution in [3.63, 3.8) is 0 Å². The van der Waals surface area contributed by atoms with Gasteiger partial charge in [-0.3, -0.25) is 9.69 Å². The number of hydrogen-bond acceptors (Lipinski definition) is 3. The zero-order chi connectivity index (χ0) is 17.8. The first-order valence-corrected chi connectivity index (χ1v) is 8.78. The minimum atomic E-state index is -0.365. The molecule has 1 aliphatic heterocycles. The van der Waals surface area contributed by atoms with E-state index in [4.69, 9.17) is 23.2 Å². The average molecular weight is 374 g/mol. The van der Waals surface area contributed by atoms with Crippen LogP contribution in [0.25, 0.3) is 0 Å². The Morgan fingerprint density at radius 2 is 1.76 bits per heavy atom. The van der Waals surface area contributed by atoms with Gasteiger partial charge in [-0.25, -0.2) is 0 Å². The van der Waals surface area contributed by atoms with Gasteiger partial charge < -0.3 is 4.90 Å². The van der Waals surface area contributed by atoms with Crippen molar-refractivity contribution in [3.05, 3.63) is 69.7 Å². The zero-order valence-electron chi connectivity index (χ0n) is 13.5. The monoisotopic (exact) mass is 373 g/mol. The number of benzene rings is 2. The Morgan fingerprint density at radius 3 is 2.40 bits per heavy atom. The van der Waals surface area contributed by atoms with Crippen LogP contribution in [0.2, 0.25) is 10.0 Å². The summed E-state index contributed by atoms with van der Waals surface area (Å²) in [6.45, 7) is 2.37. The van der Waals surface area contributed by atoms with Crippen LogP contribution in [0.4, 0.5) is 0 Å². The van der Waals surface area contributed by atoms with Gasteiger partial charge in [-0.1, -0.05) is 47.5 Å². The molecule has 25 heavy (non-hydrogen) atoms. The maximum atomic E-state index is 12.6. The Labute approximate surface area is 157 Å². The summed E-state index contributed by atoms with van der Waals surface area (Å²) >= 11 is 12.2. The van der Waals surface area contributed by atoms with Gasteiger partial charge >= 0.3 is 0 Å². The number of piperazine rings is 1. The number of halogens is 2. The number of carbonyl (C=O) groups excluding carboxylic acids is 1. The number of nitrogens with zero attached hydrogens (tertiary/aromatic N) is 3. The van der Waals surface area contributed by atoms with Gasteiger partial charge in [0.25, 0.3) is 5.91 Å². The van der Waals surface area contributed by atoms with E-state index >= 15 is 0 Å². The minimum absolute atomic E-state index is 0.0680. The quantitative estimate of drug-likeness (QED) is 0.816. The molecule has 0 aliphatic carbocycles. The van der Waals surface area contributed by atoms with Crippen molar-refractivity contribution in [2.75, 3.05) is 26.2 Å². The molecule has 1 unspecified atom stereocenters. The van der Waals surface area contributed by atoms with E-state index < -0.39 is 0 Å². The normalized spacial score (nSPS) is 16.3. The molecular formula is C19H17Cl2N3O. The summed E-state index contributed by atoms with van der Waals surface area (Å²) in [6, 6.07) is 16.4. The third kappa shape index (κ3) is 3.96. The fourth-order valence-electron chi connectivity index (χ4n) is 3.03. The van der Waals surface area contributed by atoms with Gasteiger partial charge in [-0.2, -0.15) is 5.26 Å². The molecule has 0 spiro atoms. The fraction of sp³-hybridized carbons (Fsp3) is 0.263. The Bertz CT molecular complexity index is 810. The maximum absolute atomic E-state index is 12.6. The topological polar surface area (TPSA) is 47.3 Å². The van der Waals surface area contributed by atoms with Crippen molar-refractivity contribution in [2.24, 2.45) is 0 Å². The summed E-state index contributed by atoms with van der Waals surface area (Å²) in [4.78, 5) is 16.5. The van der Waals surface area contributed by atoms with Crippen molar-refractivity contribution < 1.29 is 4.79 Å². The highest BCUT2D eigenvalue weighted by Crippen LogP contribution is 2.25. The number of hydrogen-bond donors (Lipinski definition) is 0. The van der Waals surface area contributed by atoms with E-state index in [2.05, 4.69) is 11.0 Å². The van der Waals surface area contributed by atoms with E-state index in [0.717, 1.165) is 5.56 Å². The smallest absolute Gasteiger partial charge is 0.255 e. The van der Waals surface area contributed by atoms with Gasteiger partial charge in [-0.15, -0.1) is 0 Å². The van der Waals surface area contributed by atoms with E-state index in [-0.39, 0.29) is 11.9 Å². The zero-order valence-corrected chi connectivity index (χ0v) is 15.0. The van der Waals surface area contributed by atoms with Crippen LogP contribution in [-0.4, -0.2) is 41.9 Å². The molecule has 4 nitrogen and oxygen atoms in total. The highest BCUT2D eigenvalue weighted by Gasteiger charge is 2.28. The standard InChI is InChI=1S/C19H17Cl2N3O/c20-15-5-3-4-14(12-15)18(13-22)23-8-10-24(11-9-23)19(25)16-6-1-2-7-17(16)21/h1-7,12,18H,8-11H2. The second-order valence-electron chi connectivity index (χ2n) is 5.89. The Kier molecular flexibility index (Phi) is 5.60. The van der Waals surface area contributed by atoms with Crippen LogP contribution in [0.5, 0.6) is 0 Å². The van der Waals surface area contributed by atoms with Gasteiger partial charge in [0, 0.05) is 31.2 Å². The molecule has 1 heterocycles. The predicted molar refractivity (Wildman–Crippen MR) is 98.7 cm³/mol. The molecule has 0 saturated carbocycles. The molecule has 1 aliphatic rings. The maximum Gasteiger partial charge on any atom is 0.255 e. The van der Waals surface area contributed by atoms with E-state index in [9.17, 15) is 10.1 Å². The first-order valence-electron chi connectivity index (χ1n) is 8.03. The molecule has 1 atom stereocenters. The summed E-state index contributed by atoms with van der Waals surface area (Å²) in [5, 5.41) is 10.7.